The van der Waals surface area contributed by atoms with E-state index in [1.165, 1.54) is 11.3 Å². The smallest absolute Gasteiger partial charge is 0.260 e. The Labute approximate surface area is 198 Å². The number of anilines is 1. The minimum absolute atomic E-state index is 0.115. The van der Waals surface area contributed by atoms with Gasteiger partial charge >= 0.3 is 0 Å². The first-order chi connectivity index (χ1) is 15.3. The summed E-state index contributed by atoms with van der Waals surface area (Å²) >= 11 is 7.80. The Hall–Kier alpha value is -2.35. The van der Waals surface area contributed by atoms with Gasteiger partial charge in [0.1, 0.15) is 0 Å². The summed E-state index contributed by atoms with van der Waals surface area (Å²) < 4.78 is 12.4. The SMILES string of the molecule is CCOc1ccc(C(=O)N(CCCN(C)C)c2nc3c(C)c(Cl)ccc3s2)cc1OCC. The van der Waals surface area contributed by atoms with Crippen LogP contribution in [0, 0.1) is 6.92 Å². The summed E-state index contributed by atoms with van der Waals surface area (Å²) in [7, 11) is 4.05. The maximum atomic E-state index is 13.6. The quantitative estimate of drug-likeness (QED) is 0.379. The first kappa shape index (κ1) is 24.3. The summed E-state index contributed by atoms with van der Waals surface area (Å²) in [5, 5.41) is 1.34. The Morgan fingerprint density at radius 2 is 1.78 bits per heavy atom. The van der Waals surface area contributed by atoms with Gasteiger partial charge in [0, 0.05) is 17.1 Å². The molecule has 0 aliphatic rings. The van der Waals surface area contributed by atoms with Crippen molar-refractivity contribution in [1.29, 1.82) is 0 Å². The monoisotopic (exact) mass is 475 g/mol. The lowest BCUT2D eigenvalue weighted by molar-refractivity contribution is 0.0985. The molecular weight excluding hydrogens is 446 g/mol. The zero-order valence-corrected chi connectivity index (χ0v) is 20.8. The molecule has 2 aromatic carbocycles. The van der Waals surface area contributed by atoms with Crippen LogP contribution in [0.1, 0.15) is 36.2 Å². The molecule has 0 N–H and O–H groups in total. The van der Waals surface area contributed by atoms with Crippen LogP contribution in [0.4, 0.5) is 5.13 Å². The summed E-state index contributed by atoms with van der Waals surface area (Å²) in [6, 6.07) is 9.16. The normalized spacial score (nSPS) is 11.2. The zero-order valence-electron chi connectivity index (χ0n) is 19.3. The third kappa shape index (κ3) is 5.52. The van der Waals surface area contributed by atoms with Crippen LogP contribution in [0.2, 0.25) is 5.02 Å². The van der Waals surface area contributed by atoms with E-state index in [0.29, 0.717) is 47.0 Å². The fourth-order valence-corrected chi connectivity index (χ4v) is 4.58. The van der Waals surface area contributed by atoms with Crippen molar-refractivity contribution in [3.63, 3.8) is 0 Å². The van der Waals surface area contributed by atoms with Gasteiger partial charge in [-0.15, -0.1) is 0 Å². The van der Waals surface area contributed by atoms with E-state index in [2.05, 4.69) is 4.90 Å². The second kappa shape index (κ2) is 11.0. The van der Waals surface area contributed by atoms with Crippen LogP contribution >= 0.6 is 22.9 Å². The van der Waals surface area contributed by atoms with E-state index in [4.69, 9.17) is 26.1 Å². The van der Waals surface area contributed by atoms with Crippen molar-refractivity contribution in [3.05, 3.63) is 46.5 Å². The fourth-order valence-electron chi connectivity index (χ4n) is 3.37. The average molecular weight is 476 g/mol. The number of hydrogen-bond acceptors (Lipinski definition) is 6. The summed E-state index contributed by atoms with van der Waals surface area (Å²) in [6.45, 7) is 8.22. The van der Waals surface area contributed by atoms with E-state index in [1.54, 1.807) is 23.1 Å². The standard InChI is InChI=1S/C24H30ClN3O3S/c1-6-30-19-11-9-17(15-20(19)31-7-2)23(29)28(14-8-13-27(4)5)24-26-22-16(3)18(25)10-12-21(22)32-24/h9-12,15H,6-8,13-14H2,1-5H3. The van der Waals surface area contributed by atoms with Crippen LogP contribution in [0.25, 0.3) is 10.2 Å². The minimum atomic E-state index is -0.115. The number of rotatable bonds is 10. The van der Waals surface area contributed by atoms with Crippen LogP contribution in [0.5, 0.6) is 11.5 Å². The number of hydrogen-bond donors (Lipinski definition) is 0. The molecule has 3 aromatic rings. The number of fused-ring (bicyclic) bond motifs is 1. The van der Waals surface area contributed by atoms with E-state index in [0.717, 1.165) is 28.7 Å². The fraction of sp³-hybridized carbons (Fsp3) is 0.417. The Kier molecular flexibility index (Phi) is 8.34. The molecule has 0 saturated carbocycles. The van der Waals surface area contributed by atoms with E-state index in [1.807, 2.05) is 47.0 Å². The van der Waals surface area contributed by atoms with Gasteiger partial charge in [-0.3, -0.25) is 9.69 Å². The Morgan fingerprint density at radius 1 is 1.06 bits per heavy atom. The highest BCUT2D eigenvalue weighted by Crippen LogP contribution is 2.35. The molecule has 32 heavy (non-hydrogen) atoms. The Balaban J connectivity index is 1.99. The molecular formula is C24H30ClN3O3S. The number of nitrogens with zero attached hydrogens (tertiary/aromatic N) is 3. The highest BCUT2D eigenvalue weighted by molar-refractivity contribution is 7.22. The van der Waals surface area contributed by atoms with Gasteiger partial charge in [0.25, 0.3) is 5.91 Å². The molecule has 0 unspecified atom stereocenters. The molecule has 6 nitrogen and oxygen atoms in total. The molecule has 1 aromatic heterocycles. The van der Waals surface area contributed by atoms with Gasteiger partial charge in [0.15, 0.2) is 16.6 Å². The zero-order chi connectivity index (χ0) is 23.3. The van der Waals surface area contributed by atoms with Gasteiger partial charge in [-0.25, -0.2) is 4.98 Å². The van der Waals surface area contributed by atoms with Crippen LogP contribution < -0.4 is 14.4 Å². The Bertz CT molecular complexity index is 1080. The molecule has 0 saturated heterocycles. The molecule has 1 amide bonds. The molecule has 0 aliphatic carbocycles. The summed E-state index contributed by atoms with van der Waals surface area (Å²) in [4.78, 5) is 22.3. The largest absolute Gasteiger partial charge is 0.490 e. The van der Waals surface area contributed by atoms with E-state index in [9.17, 15) is 4.79 Å². The molecule has 1 heterocycles. The van der Waals surface area contributed by atoms with Crippen molar-refractivity contribution in [2.45, 2.75) is 27.2 Å². The maximum absolute atomic E-state index is 13.6. The second-order valence-electron chi connectivity index (χ2n) is 7.66. The molecule has 172 valence electrons. The van der Waals surface area contributed by atoms with Gasteiger partial charge in [-0.2, -0.15) is 0 Å². The molecule has 0 spiro atoms. The highest BCUT2D eigenvalue weighted by Gasteiger charge is 2.23. The van der Waals surface area contributed by atoms with E-state index in [-0.39, 0.29) is 5.91 Å². The van der Waals surface area contributed by atoms with Crippen molar-refractivity contribution >= 4 is 44.2 Å². The number of carbonyl (C=O) groups is 1. The van der Waals surface area contributed by atoms with Crippen molar-refractivity contribution in [2.24, 2.45) is 0 Å². The third-order valence-corrected chi connectivity index (χ3v) is 6.44. The van der Waals surface area contributed by atoms with Crippen molar-refractivity contribution in [3.8, 4) is 11.5 Å². The number of aryl methyl sites for hydroxylation is 1. The van der Waals surface area contributed by atoms with Crippen molar-refractivity contribution in [1.82, 2.24) is 9.88 Å². The molecule has 3 rings (SSSR count). The second-order valence-corrected chi connectivity index (χ2v) is 9.07. The van der Waals surface area contributed by atoms with Crippen LogP contribution in [-0.2, 0) is 0 Å². The number of amides is 1. The van der Waals surface area contributed by atoms with Crippen molar-refractivity contribution in [2.75, 3.05) is 45.3 Å². The Morgan fingerprint density at radius 3 is 2.47 bits per heavy atom. The number of thiazole rings is 1. The third-order valence-electron chi connectivity index (χ3n) is 4.99. The first-order valence-electron chi connectivity index (χ1n) is 10.8. The molecule has 0 fully saturated rings. The summed E-state index contributed by atoms with van der Waals surface area (Å²) in [6.07, 6.45) is 0.823. The average Bonchev–Trinajstić information content (AvgIpc) is 3.19. The van der Waals surface area contributed by atoms with Gasteiger partial charge < -0.3 is 14.4 Å². The van der Waals surface area contributed by atoms with Gasteiger partial charge in [-0.05, 0) is 83.7 Å². The topological polar surface area (TPSA) is 54.9 Å². The summed E-state index contributed by atoms with van der Waals surface area (Å²) in [5.41, 5.74) is 2.30. The lowest BCUT2D eigenvalue weighted by Gasteiger charge is -2.22. The van der Waals surface area contributed by atoms with E-state index < -0.39 is 0 Å². The number of carbonyl (C=O) groups excluding carboxylic acids is 1. The molecule has 0 aliphatic heterocycles. The number of halogens is 1. The number of benzene rings is 2. The van der Waals surface area contributed by atoms with Crippen LogP contribution in [0.3, 0.4) is 0 Å². The van der Waals surface area contributed by atoms with Gasteiger partial charge in [0.2, 0.25) is 0 Å². The lowest BCUT2D eigenvalue weighted by Crippen LogP contribution is -2.33. The van der Waals surface area contributed by atoms with Gasteiger partial charge in [0.05, 0.1) is 23.4 Å². The van der Waals surface area contributed by atoms with Crippen molar-refractivity contribution < 1.29 is 14.3 Å². The number of ether oxygens (including phenoxy) is 2. The molecule has 0 radical (unpaired) electrons. The molecule has 0 atom stereocenters. The van der Waals surface area contributed by atoms with Crippen LogP contribution in [-0.4, -0.2) is 56.2 Å². The molecule has 8 heteroatoms. The maximum Gasteiger partial charge on any atom is 0.260 e. The first-order valence-corrected chi connectivity index (χ1v) is 12.0. The van der Waals surface area contributed by atoms with Gasteiger partial charge in [-0.1, -0.05) is 22.9 Å². The van der Waals surface area contributed by atoms with E-state index >= 15 is 0 Å². The minimum Gasteiger partial charge on any atom is -0.490 e. The molecule has 0 bridgehead atoms. The summed E-state index contributed by atoms with van der Waals surface area (Å²) in [5.74, 6) is 1.09. The lowest BCUT2D eigenvalue weighted by atomic mass is 10.1. The number of aromatic nitrogens is 1. The predicted molar refractivity (Wildman–Crippen MR) is 133 cm³/mol. The highest BCUT2D eigenvalue weighted by atomic mass is 35.5. The van der Waals surface area contributed by atoms with Crippen LogP contribution in [0.15, 0.2) is 30.3 Å². The predicted octanol–water partition coefficient (Wildman–Crippen LogP) is 5.65.